The van der Waals surface area contributed by atoms with E-state index in [1.165, 1.54) is 16.9 Å². The van der Waals surface area contributed by atoms with E-state index in [0.29, 0.717) is 0 Å². The molecule has 0 atom stereocenters. The topological polar surface area (TPSA) is 70.1 Å². The van der Waals surface area contributed by atoms with Gasteiger partial charge in [0, 0.05) is 6.20 Å². The van der Waals surface area contributed by atoms with Crippen LogP contribution in [0, 0.1) is 0 Å². The molecule has 1 rings (SSSR count). The van der Waals surface area contributed by atoms with Crippen molar-refractivity contribution in [2.75, 3.05) is 12.3 Å². The van der Waals surface area contributed by atoms with E-state index in [0.717, 1.165) is 0 Å². The van der Waals surface area contributed by atoms with Gasteiger partial charge < -0.3 is 10.5 Å². The van der Waals surface area contributed by atoms with Crippen LogP contribution in [-0.4, -0.2) is 28.5 Å². The lowest BCUT2D eigenvalue weighted by Crippen LogP contribution is -2.18. The van der Waals surface area contributed by atoms with Crippen molar-refractivity contribution >= 4 is 11.8 Å². The Morgan fingerprint density at radius 3 is 2.75 bits per heavy atom. The molecule has 0 saturated carbocycles. The fourth-order valence-electron chi connectivity index (χ4n) is 0.924. The van der Waals surface area contributed by atoms with E-state index in [2.05, 4.69) is 9.84 Å². The average molecular weight is 237 g/mol. The van der Waals surface area contributed by atoms with Crippen molar-refractivity contribution in [3.63, 3.8) is 0 Å². The van der Waals surface area contributed by atoms with E-state index in [4.69, 9.17) is 5.73 Å². The van der Waals surface area contributed by atoms with Crippen molar-refractivity contribution in [1.82, 2.24) is 9.78 Å². The molecule has 16 heavy (non-hydrogen) atoms. The zero-order valence-electron chi connectivity index (χ0n) is 8.20. The Hall–Kier alpha value is -1.73. The molecule has 0 aliphatic carbocycles. The Labute approximate surface area is 89.0 Å². The lowest BCUT2D eigenvalue weighted by molar-refractivity contribution is -0.159. The molecule has 1 heterocycles. The molecule has 0 radical (unpaired) electrons. The quantitative estimate of drug-likeness (QED) is 0.792. The van der Waals surface area contributed by atoms with E-state index in [9.17, 15) is 18.0 Å². The molecule has 0 spiro atoms. The number of alkyl halides is 3. The van der Waals surface area contributed by atoms with Crippen LogP contribution in [0.4, 0.5) is 19.0 Å². The van der Waals surface area contributed by atoms with E-state index in [-0.39, 0.29) is 12.4 Å². The summed E-state index contributed by atoms with van der Waals surface area (Å²) in [5.74, 6) is -0.560. The van der Waals surface area contributed by atoms with Crippen LogP contribution in [0.15, 0.2) is 12.3 Å². The Morgan fingerprint density at radius 2 is 2.25 bits per heavy atom. The smallest absolute Gasteiger partial charge is 0.392 e. The number of hydrogen-bond acceptors (Lipinski definition) is 4. The molecule has 90 valence electrons. The highest BCUT2D eigenvalue weighted by molar-refractivity contribution is 5.69. The third-order valence-corrected chi connectivity index (χ3v) is 1.60. The molecular formula is C8H10F3N3O2. The summed E-state index contributed by atoms with van der Waals surface area (Å²) in [6.07, 6.45) is -4.04. The molecule has 2 N–H and O–H groups in total. The Bertz CT molecular complexity index is 362. The Kier molecular flexibility index (Phi) is 3.75. The third-order valence-electron chi connectivity index (χ3n) is 1.60. The third kappa shape index (κ3) is 4.67. The number of esters is 1. The van der Waals surface area contributed by atoms with Crippen molar-refractivity contribution in [2.24, 2.45) is 0 Å². The van der Waals surface area contributed by atoms with Gasteiger partial charge in [0.15, 0.2) is 0 Å². The van der Waals surface area contributed by atoms with Crippen molar-refractivity contribution in [1.29, 1.82) is 0 Å². The molecule has 1 aromatic rings. The van der Waals surface area contributed by atoms with E-state index < -0.39 is 25.2 Å². The van der Waals surface area contributed by atoms with Crippen molar-refractivity contribution < 1.29 is 22.7 Å². The zero-order chi connectivity index (χ0) is 12.2. The normalized spacial score (nSPS) is 11.4. The maximum atomic E-state index is 11.7. The van der Waals surface area contributed by atoms with Crippen LogP contribution < -0.4 is 5.73 Å². The minimum absolute atomic E-state index is 0.225. The predicted octanol–water partition coefficient (Wildman–Crippen LogP) is 0.961. The number of anilines is 1. The summed E-state index contributed by atoms with van der Waals surface area (Å²) in [5.41, 5.74) is 5.28. The van der Waals surface area contributed by atoms with Gasteiger partial charge in [-0.25, -0.2) is 0 Å². The highest BCUT2D eigenvalue weighted by Crippen LogP contribution is 2.18. The summed E-state index contributed by atoms with van der Waals surface area (Å²) >= 11 is 0. The van der Waals surface area contributed by atoms with Crippen molar-refractivity contribution in [2.45, 2.75) is 19.1 Å². The maximum Gasteiger partial charge on any atom is 0.392 e. The predicted molar refractivity (Wildman–Crippen MR) is 48.3 cm³/mol. The lowest BCUT2D eigenvalue weighted by Gasteiger charge is -2.07. The van der Waals surface area contributed by atoms with Gasteiger partial charge in [-0.3, -0.25) is 9.48 Å². The van der Waals surface area contributed by atoms with Gasteiger partial charge >= 0.3 is 12.1 Å². The molecule has 0 aromatic carbocycles. The van der Waals surface area contributed by atoms with Crippen LogP contribution in [0.1, 0.15) is 6.42 Å². The SMILES string of the molecule is Nc1ccn(CC(=O)OCCC(F)(F)F)n1. The molecular weight excluding hydrogens is 227 g/mol. The number of nitrogen functional groups attached to an aromatic ring is 1. The Morgan fingerprint density at radius 1 is 1.56 bits per heavy atom. The molecule has 0 fully saturated rings. The van der Waals surface area contributed by atoms with Crippen LogP contribution in [0.3, 0.4) is 0 Å². The molecule has 0 unspecified atom stereocenters. The van der Waals surface area contributed by atoms with E-state index in [1.54, 1.807) is 0 Å². The zero-order valence-corrected chi connectivity index (χ0v) is 8.20. The second-order valence-corrected chi connectivity index (χ2v) is 3.02. The van der Waals surface area contributed by atoms with Gasteiger partial charge in [0.2, 0.25) is 0 Å². The maximum absolute atomic E-state index is 11.7. The summed E-state index contributed by atoms with van der Waals surface area (Å²) in [5, 5.41) is 3.68. The minimum Gasteiger partial charge on any atom is -0.464 e. The number of carbonyl (C=O) groups is 1. The number of rotatable bonds is 4. The average Bonchev–Trinajstić information content (AvgIpc) is 2.48. The van der Waals surface area contributed by atoms with Crippen LogP contribution >= 0.6 is 0 Å². The summed E-state index contributed by atoms with van der Waals surface area (Å²) in [4.78, 5) is 11.0. The van der Waals surface area contributed by atoms with E-state index in [1.807, 2.05) is 0 Å². The number of aromatic nitrogens is 2. The summed E-state index contributed by atoms with van der Waals surface area (Å²) in [7, 11) is 0. The van der Waals surface area contributed by atoms with Crippen LogP contribution in [0.5, 0.6) is 0 Å². The van der Waals surface area contributed by atoms with Gasteiger partial charge in [-0.05, 0) is 6.07 Å². The molecule has 5 nitrogen and oxygen atoms in total. The molecule has 0 bridgehead atoms. The fraction of sp³-hybridized carbons (Fsp3) is 0.500. The number of ether oxygens (including phenoxy) is 1. The van der Waals surface area contributed by atoms with Gasteiger partial charge in [-0.15, -0.1) is 0 Å². The second-order valence-electron chi connectivity index (χ2n) is 3.02. The summed E-state index contributed by atoms with van der Waals surface area (Å²) in [6, 6.07) is 1.46. The van der Waals surface area contributed by atoms with Crippen LogP contribution in [0.25, 0.3) is 0 Å². The summed E-state index contributed by atoms with van der Waals surface area (Å²) < 4.78 is 40.7. The fourth-order valence-corrected chi connectivity index (χ4v) is 0.924. The first kappa shape index (κ1) is 12.3. The van der Waals surface area contributed by atoms with E-state index >= 15 is 0 Å². The largest absolute Gasteiger partial charge is 0.464 e. The van der Waals surface area contributed by atoms with Crippen LogP contribution in [-0.2, 0) is 16.1 Å². The van der Waals surface area contributed by atoms with Gasteiger partial charge in [0.1, 0.15) is 19.0 Å². The highest BCUT2D eigenvalue weighted by atomic mass is 19.4. The number of nitrogens with two attached hydrogens (primary N) is 1. The number of hydrogen-bond donors (Lipinski definition) is 1. The van der Waals surface area contributed by atoms with Gasteiger partial charge in [0.05, 0.1) is 6.42 Å². The molecule has 0 saturated heterocycles. The van der Waals surface area contributed by atoms with Crippen LogP contribution in [0.2, 0.25) is 0 Å². The number of halogens is 3. The summed E-state index contributed by atoms with van der Waals surface area (Å²) in [6.45, 7) is -0.936. The minimum atomic E-state index is -4.32. The molecule has 0 amide bonds. The second kappa shape index (κ2) is 4.86. The van der Waals surface area contributed by atoms with Gasteiger partial charge in [0.25, 0.3) is 0 Å². The first-order chi connectivity index (χ1) is 7.37. The molecule has 0 aliphatic heterocycles. The van der Waals surface area contributed by atoms with Crippen molar-refractivity contribution in [3.8, 4) is 0 Å². The van der Waals surface area contributed by atoms with Gasteiger partial charge in [-0.1, -0.05) is 0 Å². The molecule has 0 aliphatic rings. The highest BCUT2D eigenvalue weighted by Gasteiger charge is 2.27. The standard InChI is InChI=1S/C8H10F3N3O2/c9-8(10,11)2-4-16-7(15)5-14-3-1-6(12)13-14/h1,3H,2,4-5H2,(H2,12,13). The molecule has 1 aromatic heterocycles. The Balaban J connectivity index is 2.26. The lowest BCUT2D eigenvalue weighted by atomic mass is 10.4. The molecule has 8 heteroatoms. The number of carbonyl (C=O) groups excluding carboxylic acids is 1. The van der Waals surface area contributed by atoms with Gasteiger partial charge in [-0.2, -0.15) is 18.3 Å². The number of nitrogens with zero attached hydrogens (tertiary/aromatic N) is 2. The monoisotopic (exact) mass is 237 g/mol. The first-order valence-electron chi connectivity index (χ1n) is 4.38. The first-order valence-corrected chi connectivity index (χ1v) is 4.38. The van der Waals surface area contributed by atoms with Crippen molar-refractivity contribution in [3.05, 3.63) is 12.3 Å².